The van der Waals surface area contributed by atoms with Crippen molar-refractivity contribution >= 4 is 18.2 Å². The van der Waals surface area contributed by atoms with Gasteiger partial charge in [-0.3, -0.25) is 0 Å². The van der Waals surface area contributed by atoms with E-state index in [0.717, 1.165) is 10.3 Å². The summed E-state index contributed by atoms with van der Waals surface area (Å²) in [5.41, 5.74) is 1.14. The molecule has 0 saturated carbocycles. The lowest BCUT2D eigenvalue weighted by atomic mass is 9.52. The number of nitrogens with zero attached hydrogens (tertiary/aromatic N) is 1. The Balaban J connectivity index is 1.88. The molecule has 2 aliphatic rings. The van der Waals surface area contributed by atoms with Crippen LogP contribution in [0.1, 0.15) is 4.88 Å². The maximum absolute atomic E-state index is 3.27. The molecule has 0 amide bonds. The fourth-order valence-electron chi connectivity index (χ4n) is 1.86. The van der Waals surface area contributed by atoms with E-state index in [1.54, 1.807) is 11.3 Å². The van der Waals surface area contributed by atoms with Gasteiger partial charge in [0.05, 0.1) is 4.88 Å². The van der Waals surface area contributed by atoms with Crippen LogP contribution >= 0.6 is 11.3 Å². The predicted molar refractivity (Wildman–Crippen MR) is 74.3 cm³/mol. The number of hydrogen-bond acceptors (Lipinski definition) is 2. The van der Waals surface area contributed by atoms with Crippen molar-refractivity contribution in [2.24, 2.45) is 0 Å². The SMILES string of the molecule is C(#Cc1cccs1)C1=CC=CN2C=CC=CB12. The molecule has 0 spiro atoms. The number of rotatable bonds is 0. The molecule has 1 aromatic rings. The third-order valence-corrected chi connectivity index (χ3v) is 3.47. The van der Waals surface area contributed by atoms with Gasteiger partial charge in [0, 0.05) is 0 Å². The second-order valence-corrected chi connectivity index (χ2v) is 4.76. The van der Waals surface area contributed by atoms with Crippen LogP contribution < -0.4 is 0 Å². The molecular formula is C14H10BNS. The van der Waals surface area contributed by atoms with Crippen molar-refractivity contribution in [2.75, 3.05) is 0 Å². The van der Waals surface area contributed by atoms with Crippen molar-refractivity contribution in [3.63, 3.8) is 0 Å². The summed E-state index contributed by atoms with van der Waals surface area (Å²) in [6, 6.07) is 4.07. The molecule has 3 rings (SSSR count). The topological polar surface area (TPSA) is 3.24 Å². The summed E-state index contributed by atoms with van der Waals surface area (Å²) < 4.78 is 0. The fourth-order valence-corrected chi connectivity index (χ4v) is 2.43. The van der Waals surface area contributed by atoms with Crippen LogP contribution in [-0.4, -0.2) is 11.7 Å². The van der Waals surface area contributed by atoms with E-state index in [9.17, 15) is 0 Å². The normalized spacial score (nSPS) is 16.4. The van der Waals surface area contributed by atoms with Crippen LogP contribution in [-0.2, 0) is 0 Å². The van der Waals surface area contributed by atoms with E-state index in [1.165, 1.54) is 0 Å². The largest absolute Gasteiger partial charge is 0.389 e. The molecule has 1 nitrogen and oxygen atoms in total. The van der Waals surface area contributed by atoms with E-state index in [0.29, 0.717) is 0 Å². The van der Waals surface area contributed by atoms with Gasteiger partial charge < -0.3 is 4.81 Å². The van der Waals surface area contributed by atoms with Crippen molar-refractivity contribution in [3.8, 4) is 11.8 Å². The molecule has 0 atom stereocenters. The first kappa shape index (κ1) is 10.3. The number of fused-ring (bicyclic) bond motifs is 1. The average molecular weight is 235 g/mol. The third-order valence-electron chi connectivity index (χ3n) is 2.69. The molecule has 17 heavy (non-hydrogen) atoms. The van der Waals surface area contributed by atoms with E-state index < -0.39 is 0 Å². The van der Waals surface area contributed by atoms with Crippen molar-refractivity contribution in [1.82, 2.24) is 4.81 Å². The van der Waals surface area contributed by atoms with Crippen molar-refractivity contribution in [3.05, 3.63) is 70.5 Å². The Labute approximate surface area is 106 Å². The van der Waals surface area contributed by atoms with E-state index in [1.807, 2.05) is 24.3 Å². The van der Waals surface area contributed by atoms with Crippen LogP contribution in [0.3, 0.4) is 0 Å². The van der Waals surface area contributed by atoms with Crippen LogP contribution in [0.5, 0.6) is 0 Å². The summed E-state index contributed by atoms with van der Waals surface area (Å²) in [7, 11) is 0. The zero-order valence-electron chi connectivity index (χ0n) is 9.21. The third kappa shape index (κ3) is 2.13. The zero-order chi connectivity index (χ0) is 11.5. The quantitative estimate of drug-likeness (QED) is 0.493. The van der Waals surface area contributed by atoms with Crippen LogP contribution in [0.4, 0.5) is 0 Å². The van der Waals surface area contributed by atoms with Gasteiger partial charge in [0.25, 0.3) is 0 Å². The van der Waals surface area contributed by atoms with Crippen LogP contribution in [0.15, 0.2) is 65.7 Å². The molecule has 0 radical (unpaired) electrons. The number of hydrogen-bond donors (Lipinski definition) is 0. The standard InChI is InChI=1S/C14H10BNS/c1-2-10-16-11-3-5-13(15(16)9-1)7-8-14-6-4-12-17-14/h1-6,9-12H. The minimum atomic E-state index is 0.262. The van der Waals surface area contributed by atoms with Crippen LogP contribution in [0.2, 0.25) is 0 Å². The lowest BCUT2D eigenvalue weighted by Gasteiger charge is -2.26. The maximum Gasteiger partial charge on any atom is 0.328 e. The highest BCUT2D eigenvalue weighted by molar-refractivity contribution is 7.10. The van der Waals surface area contributed by atoms with Crippen molar-refractivity contribution in [1.29, 1.82) is 0 Å². The van der Waals surface area contributed by atoms with Crippen molar-refractivity contribution in [2.45, 2.75) is 0 Å². The molecule has 0 fully saturated rings. The first-order chi connectivity index (χ1) is 8.43. The summed E-state index contributed by atoms with van der Waals surface area (Å²) in [5, 5.41) is 2.05. The van der Waals surface area contributed by atoms with Gasteiger partial charge in [-0.1, -0.05) is 36.0 Å². The van der Waals surface area contributed by atoms with E-state index in [-0.39, 0.29) is 6.85 Å². The van der Waals surface area contributed by atoms with Gasteiger partial charge in [0.2, 0.25) is 0 Å². The lowest BCUT2D eigenvalue weighted by molar-refractivity contribution is 0.787. The second kappa shape index (κ2) is 4.53. The Kier molecular flexibility index (Phi) is 2.73. The summed E-state index contributed by atoms with van der Waals surface area (Å²) in [6.45, 7) is 0.262. The highest BCUT2D eigenvalue weighted by Gasteiger charge is 2.23. The predicted octanol–water partition coefficient (Wildman–Crippen LogP) is 3.01. The molecule has 0 aliphatic carbocycles. The molecule has 80 valence electrons. The van der Waals surface area contributed by atoms with E-state index >= 15 is 0 Å². The molecular weight excluding hydrogens is 225 g/mol. The smallest absolute Gasteiger partial charge is 0.328 e. The summed E-state index contributed by atoms with van der Waals surface area (Å²) in [6.07, 6.45) is 12.4. The molecule has 0 unspecified atom stereocenters. The maximum atomic E-state index is 3.27. The highest BCUT2D eigenvalue weighted by Crippen LogP contribution is 2.17. The molecule has 1 aromatic heterocycles. The Hall–Kier alpha value is -1.92. The van der Waals surface area contributed by atoms with Crippen molar-refractivity contribution < 1.29 is 0 Å². The minimum Gasteiger partial charge on any atom is -0.389 e. The monoisotopic (exact) mass is 235 g/mol. The molecule has 3 heterocycles. The minimum absolute atomic E-state index is 0.262. The van der Waals surface area contributed by atoms with Crippen LogP contribution in [0.25, 0.3) is 0 Å². The molecule has 0 bridgehead atoms. The Morgan fingerprint density at radius 1 is 1.12 bits per heavy atom. The molecule has 2 aliphatic heterocycles. The van der Waals surface area contributed by atoms with Gasteiger partial charge in [0.15, 0.2) is 0 Å². The van der Waals surface area contributed by atoms with Gasteiger partial charge in [-0.25, -0.2) is 0 Å². The molecule has 0 aromatic carbocycles. The zero-order valence-corrected chi connectivity index (χ0v) is 10.0. The molecule has 0 saturated heterocycles. The summed E-state index contributed by atoms with van der Waals surface area (Å²) in [4.78, 5) is 3.28. The van der Waals surface area contributed by atoms with Gasteiger partial charge in [-0.05, 0) is 41.5 Å². The molecule has 0 N–H and O–H groups in total. The van der Waals surface area contributed by atoms with Crippen LogP contribution in [0, 0.1) is 11.8 Å². The first-order valence-corrected chi connectivity index (χ1v) is 6.38. The Bertz CT molecular complexity index is 581. The number of thiophene rings is 1. The Morgan fingerprint density at radius 2 is 2.06 bits per heavy atom. The second-order valence-electron chi connectivity index (χ2n) is 3.81. The van der Waals surface area contributed by atoms with E-state index in [2.05, 4.69) is 52.6 Å². The fraction of sp³-hybridized carbons (Fsp3) is 0. The first-order valence-electron chi connectivity index (χ1n) is 5.50. The number of allylic oxidation sites excluding steroid dienone is 5. The van der Waals surface area contributed by atoms with Gasteiger partial charge in [0.1, 0.15) is 0 Å². The summed E-state index contributed by atoms with van der Waals surface area (Å²) in [5.74, 6) is 8.64. The average Bonchev–Trinajstić information content (AvgIpc) is 2.89. The van der Waals surface area contributed by atoms with Gasteiger partial charge in [-0.15, -0.1) is 11.3 Å². The highest BCUT2D eigenvalue weighted by atomic mass is 32.1. The van der Waals surface area contributed by atoms with Gasteiger partial charge in [-0.2, -0.15) is 0 Å². The van der Waals surface area contributed by atoms with Gasteiger partial charge >= 0.3 is 6.85 Å². The van der Waals surface area contributed by atoms with E-state index in [4.69, 9.17) is 0 Å². The summed E-state index contributed by atoms with van der Waals surface area (Å²) >= 11 is 1.68. The Morgan fingerprint density at radius 3 is 2.94 bits per heavy atom. The molecule has 3 heteroatoms. The lowest BCUT2D eigenvalue weighted by Crippen LogP contribution is -2.34.